The molecule has 1 aliphatic rings. The third kappa shape index (κ3) is 7.42. The fourth-order valence-electron chi connectivity index (χ4n) is 2.30. The van der Waals surface area contributed by atoms with Gasteiger partial charge in [-0.2, -0.15) is 13.2 Å². The van der Waals surface area contributed by atoms with Gasteiger partial charge in [0.25, 0.3) is 0 Å². The Morgan fingerprint density at radius 2 is 1.45 bits per heavy atom. The molecule has 1 saturated heterocycles. The van der Waals surface area contributed by atoms with Crippen LogP contribution in [0.1, 0.15) is 20.3 Å². The molecule has 0 aromatic heterocycles. The molecule has 0 amide bonds. The van der Waals surface area contributed by atoms with Crippen LogP contribution in [-0.2, 0) is 9.47 Å². The number of rotatable bonds is 8. The molecule has 0 atom stereocenters. The van der Waals surface area contributed by atoms with E-state index in [0.717, 1.165) is 13.0 Å². The predicted molar refractivity (Wildman–Crippen MR) is 70.6 cm³/mol. The van der Waals surface area contributed by atoms with E-state index in [1.807, 2.05) is 13.8 Å². The van der Waals surface area contributed by atoms with Crippen molar-refractivity contribution in [3.8, 4) is 0 Å². The Labute approximate surface area is 118 Å². The fourth-order valence-corrected chi connectivity index (χ4v) is 2.30. The summed E-state index contributed by atoms with van der Waals surface area (Å²) < 4.78 is 47.7. The van der Waals surface area contributed by atoms with Gasteiger partial charge in [0.1, 0.15) is 0 Å². The Morgan fingerprint density at radius 3 is 1.90 bits per heavy atom. The summed E-state index contributed by atoms with van der Waals surface area (Å²) in [4.78, 5) is 3.62. The monoisotopic (exact) mass is 298 g/mol. The van der Waals surface area contributed by atoms with Crippen LogP contribution in [0.3, 0.4) is 0 Å². The zero-order chi connectivity index (χ0) is 15.0. The summed E-state index contributed by atoms with van der Waals surface area (Å²) in [6.07, 6.45) is -3.56. The molecule has 0 saturated carbocycles. The van der Waals surface area contributed by atoms with Crippen LogP contribution < -0.4 is 0 Å². The Kier molecular flexibility index (Phi) is 7.79. The summed E-state index contributed by atoms with van der Waals surface area (Å²) in [5.74, 6) is 0. The van der Waals surface area contributed by atoms with Gasteiger partial charge in [-0.15, -0.1) is 0 Å². The SMILES string of the molecule is CCOC(CCN1CCN(CC(F)(F)F)CC1)OCC. The molecular weight excluding hydrogens is 273 g/mol. The molecule has 0 radical (unpaired) electrons. The van der Waals surface area contributed by atoms with Crippen molar-refractivity contribution in [1.29, 1.82) is 0 Å². The van der Waals surface area contributed by atoms with Gasteiger partial charge in [-0.3, -0.25) is 4.90 Å². The van der Waals surface area contributed by atoms with E-state index >= 15 is 0 Å². The predicted octanol–water partition coefficient (Wildman–Crippen LogP) is 1.96. The minimum Gasteiger partial charge on any atom is -0.353 e. The number of ether oxygens (including phenoxy) is 2. The molecule has 0 aromatic rings. The summed E-state index contributed by atoms with van der Waals surface area (Å²) >= 11 is 0. The molecule has 4 nitrogen and oxygen atoms in total. The van der Waals surface area contributed by atoms with Gasteiger partial charge in [-0.1, -0.05) is 0 Å². The van der Waals surface area contributed by atoms with Crippen LogP contribution in [0.2, 0.25) is 0 Å². The topological polar surface area (TPSA) is 24.9 Å². The van der Waals surface area contributed by atoms with Crippen LogP contribution in [0.5, 0.6) is 0 Å². The number of hydrogen-bond donors (Lipinski definition) is 0. The first-order valence-corrected chi connectivity index (χ1v) is 7.19. The maximum atomic E-state index is 12.3. The van der Waals surface area contributed by atoms with Crippen LogP contribution in [0, 0.1) is 0 Å². The molecule has 0 unspecified atom stereocenters. The lowest BCUT2D eigenvalue weighted by Crippen LogP contribution is -2.49. The van der Waals surface area contributed by atoms with Gasteiger partial charge >= 0.3 is 6.18 Å². The number of alkyl halides is 3. The van der Waals surface area contributed by atoms with E-state index in [-0.39, 0.29) is 6.29 Å². The third-order valence-corrected chi connectivity index (χ3v) is 3.25. The maximum absolute atomic E-state index is 12.3. The summed E-state index contributed by atoms with van der Waals surface area (Å²) in [7, 11) is 0. The lowest BCUT2D eigenvalue weighted by molar-refractivity contribution is -0.151. The standard InChI is InChI=1S/C13H25F3N2O2/c1-3-19-12(20-4-2)5-6-17-7-9-18(10-8-17)11-13(14,15)16/h12H,3-11H2,1-2H3. The zero-order valence-electron chi connectivity index (χ0n) is 12.3. The number of nitrogens with zero attached hydrogens (tertiary/aromatic N) is 2. The van der Waals surface area contributed by atoms with Gasteiger partial charge in [-0.05, 0) is 13.8 Å². The normalized spacial score (nSPS) is 18.9. The molecule has 0 aliphatic carbocycles. The van der Waals surface area contributed by atoms with Crippen LogP contribution in [0.25, 0.3) is 0 Å². The van der Waals surface area contributed by atoms with Crippen molar-refractivity contribution in [2.24, 2.45) is 0 Å². The van der Waals surface area contributed by atoms with E-state index in [1.54, 1.807) is 0 Å². The van der Waals surface area contributed by atoms with Crippen molar-refractivity contribution < 1.29 is 22.6 Å². The van der Waals surface area contributed by atoms with E-state index in [1.165, 1.54) is 4.90 Å². The van der Waals surface area contributed by atoms with Crippen molar-refractivity contribution in [2.75, 3.05) is 52.5 Å². The highest BCUT2D eigenvalue weighted by Gasteiger charge is 2.32. The summed E-state index contributed by atoms with van der Waals surface area (Å²) in [5, 5.41) is 0. The van der Waals surface area contributed by atoms with Crippen molar-refractivity contribution in [2.45, 2.75) is 32.7 Å². The van der Waals surface area contributed by atoms with Gasteiger partial charge in [0.05, 0.1) is 6.54 Å². The highest BCUT2D eigenvalue weighted by Crippen LogP contribution is 2.17. The first kappa shape index (κ1) is 17.7. The van der Waals surface area contributed by atoms with Crippen molar-refractivity contribution >= 4 is 0 Å². The lowest BCUT2D eigenvalue weighted by atomic mass is 10.3. The maximum Gasteiger partial charge on any atom is 0.401 e. The zero-order valence-corrected chi connectivity index (χ0v) is 12.3. The quantitative estimate of drug-likeness (QED) is 0.640. The molecule has 0 spiro atoms. The number of piperazine rings is 1. The number of hydrogen-bond acceptors (Lipinski definition) is 4. The van der Waals surface area contributed by atoms with Gasteiger partial charge < -0.3 is 14.4 Å². The molecule has 0 N–H and O–H groups in total. The van der Waals surface area contributed by atoms with Gasteiger partial charge in [-0.25, -0.2) is 0 Å². The van der Waals surface area contributed by atoms with E-state index in [9.17, 15) is 13.2 Å². The van der Waals surface area contributed by atoms with Gasteiger partial charge in [0.15, 0.2) is 6.29 Å². The smallest absolute Gasteiger partial charge is 0.353 e. The second-order valence-corrected chi connectivity index (χ2v) is 4.86. The highest BCUT2D eigenvalue weighted by atomic mass is 19.4. The average Bonchev–Trinajstić information content (AvgIpc) is 2.36. The van der Waals surface area contributed by atoms with E-state index < -0.39 is 12.7 Å². The molecule has 0 bridgehead atoms. The van der Waals surface area contributed by atoms with Crippen molar-refractivity contribution in [1.82, 2.24) is 9.80 Å². The van der Waals surface area contributed by atoms with E-state index in [2.05, 4.69) is 4.90 Å². The largest absolute Gasteiger partial charge is 0.401 e. The molecule has 1 heterocycles. The van der Waals surface area contributed by atoms with Gasteiger partial charge in [0.2, 0.25) is 0 Å². The second-order valence-electron chi connectivity index (χ2n) is 4.86. The molecule has 0 aromatic carbocycles. The molecular formula is C13H25F3N2O2. The summed E-state index contributed by atoms with van der Waals surface area (Å²) in [6.45, 7) is 7.30. The first-order valence-electron chi connectivity index (χ1n) is 7.19. The Hall–Kier alpha value is -0.370. The van der Waals surface area contributed by atoms with Crippen molar-refractivity contribution in [3.05, 3.63) is 0 Å². The molecule has 20 heavy (non-hydrogen) atoms. The summed E-state index contributed by atoms with van der Waals surface area (Å²) in [6, 6.07) is 0. The van der Waals surface area contributed by atoms with Crippen LogP contribution in [0.15, 0.2) is 0 Å². The van der Waals surface area contributed by atoms with E-state index in [0.29, 0.717) is 39.4 Å². The number of halogens is 3. The minimum absolute atomic E-state index is 0.210. The van der Waals surface area contributed by atoms with Crippen LogP contribution in [-0.4, -0.2) is 74.7 Å². The lowest BCUT2D eigenvalue weighted by Gasteiger charge is -2.35. The molecule has 1 aliphatic heterocycles. The molecule has 7 heteroatoms. The molecule has 1 fully saturated rings. The van der Waals surface area contributed by atoms with Crippen LogP contribution in [0.4, 0.5) is 13.2 Å². The summed E-state index contributed by atoms with van der Waals surface area (Å²) in [5.41, 5.74) is 0. The second kappa shape index (κ2) is 8.81. The highest BCUT2D eigenvalue weighted by molar-refractivity contribution is 4.74. The minimum atomic E-state index is -4.10. The molecule has 120 valence electrons. The fraction of sp³-hybridized carbons (Fsp3) is 1.00. The first-order chi connectivity index (χ1) is 9.44. The van der Waals surface area contributed by atoms with Crippen molar-refractivity contribution in [3.63, 3.8) is 0 Å². The molecule has 1 rings (SSSR count). The Morgan fingerprint density at radius 1 is 0.950 bits per heavy atom. The van der Waals surface area contributed by atoms with Crippen LogP contribution >= 0.6 is 0 Å². The Balaban J connectivity index is 2.21. The van der Waals surface area contributed by atoms with Gasteiger partial charge in [0, 0.05) is 52.4 Å². The third-order valence-electron chi connectivity index (χ3n) is 3.25. The average molecular weight is 298 g/mol. The van der Waals surface area contributed by atoms with E-state index in [4.69, 9.17) is 9.47 Å². The Bertz CT molecular complexity index is 250.